The van der Waals surface area contributed by atoms with Crippen LogP contribution in [0, 0.1) is 0 Å². The highest BCUT2D eigenvalue weighted by molar-refractivity contribution is 5.55. The molecule has 0 aliphatic heterocycles. The highest BCUT2D eigenvalue weighted by atomic mass is 16.5. The average molecular weight is 234 g/mol. The van der Waals surface area contributed by atoms with Gasteiger partial charge in [-0.2, -0.15) is 0 Å². The van der Waals surface area contributed by atoms with E-state index in [0.717, 1.165) is 12.1 Å². The van der Waals surface area contributed by atoms with E-state index in [2.05, 4.69) is 0 Å². The summed E-state index contributed by atoms with van der Waals surface area (Å²) in [7, 11) is 0. The average Bonchev–Trinajstić information content (AvgIpc) is 2.23. The molecule has 0 aromatic heterocycles. The molecule has 0 heterocycles. The molecule has 88 valence electrons. The number of phenolic OH excluding ortho intramolecular Hbond substituents is 4. The number of benzene rings is 2. The Morgan fingerprint density at radius 3 is 2.00 bits per heavy atom. The predicted octanol–water partition coefficient (Wildman–Crippen LogP) is 2.30. The second-order valence-electron chi connectivity index (χ2n) is 3.41. The number of aromatic hydroxyl groups is 4. The maximum atomic E-state index is 9.50. The van der Waals surface area contributed by atoms with Crippen molar-refractivity contribution in [3.05, 3.63) is 36.4 Å². The van der Waals surface area contributed by atoms with Crippen LogP contribution in [-0.4, -0.2) is 20.4 Å². The molecule has 5 heteroatoms. The fourth-order valence-electron chi connectivity index (χ4n) is 1.35. The van der Waals surface area contributed by atoms with Crippen LogP contribution >= 0.6 is 0 Å². The van der Waals surface area contributed by atoms with E-state index < -0.39 is 11.5 Å². The lowest BCUT2D eigenvalue weighted by molar-refractivity contribution is 0.367. The van der Waals surface area contributed by atoms with E-state index in [1.54, 1.807) is 12.1 Å². The summed E-state index contributed by atoms with van der Waals surface area (Å²) < 4.78 is 5.20. The maximum absolute atomic E-state index is 9.50. The van der Waals surface area contributed by atoms with Crippen molar-refractivity contribution < 1.29 is 25.2 Å². The molecule has 0 unspecified atom stereocenters. The van der Waals surface area contributed by atoms with Gasteiger partial charge < -0.3 is 25.2 Å². The van der Waals surface area contributed by atoms with Crippen LogP contribution in [0.1, 0.15) is 0 Å². The molecule has 0 aliphatic carbocycles. The third kappa shape index (κ3) is 2.34. The normalized spacial score (nSPS) is 10.1. The van der Waals surface area contributed by atoms with E-state index in [9.17, 15) is 15.3 Å². The SMILES string of the molecule is Oc1cccc(Oc2c(O)cc(O)cc2O)c1. The molecule has 0 bridgehead atoms. The molecule has 4 N–H and O–H groups in total. The zero-order valence-electron chi connectivity index (χ0n) is 8.66. The second-order valence-corrected chi connectivity index (χ2v) is 3.41. The number of rotatable bonds is 2. The zero-order valence-corrected chi connectivity index (χ0v) is 8.66. The highest BCUT2D eigenvalue weighted by Crippen LogP contribution is 2.42. The maximum Gasteiger partial charge on any atom is 0.210 e. The van der Waals surface area contributed by atoms with Gasteiger partial charge in [-0.15, -0.1) is 0 Å². The van der Waals surface area contributed by atoms with E-state index >= 15 is 0 Å². The summed E-state index contributed by atoms with van der Waals surface area (Å²) in [6.45, 7) is 0. The fraction of sp³-hybridized carbons (Fsp3) is 0. The van der Waals surface area contributed by atoms with Gasteiger partial charge in [-0.25, -0.2) is 0 Å². The molecule has 2 aromatic rings. The Morgan fingerprint density at radius 1 is 0.765 bits per heavy atom. The summed E-state index contributed by atoms with van der Waals surface area (Å²) in [5.41, 5.74) is 0. The van der Waals surface area contributed by atoms with Gasteiger partial charge in [0.05, 0.1) is 0 Å². The van der Waals surface area contributed by atoms with Gasteiger partial charge in [0.1, 0.15) is 17.2 Å². The van der Waals surface area contributed by atoms with Crippen molar-refractivity contribution in [2.24, 2.45) is 0 Å². The van der Waals surface area contributed by atoms with E-state index in [1.165, 1.54) is 12.1 Å². The highest BCUT2D eigenvalue weighted by Gasteiger charge is 2.12. The van der Waals surface area contributed by atoms with Crippen molar-refractivity contribution in [1.82, 2.24) is 0 Å². The molecule has 0 spiro atoms. The van der Waals surface area contributed by atoms with Gasteiger partial charge in [-0.05, 0) is 12.1 Å². The van der Waals surface area contributed by atoms with Crippen LogP contribution in [0.4, 0.5) is 0 Å². The Labute approximate surface area is 96.8 Å². The van der Waals surface area contributed by atoms with Gasteiger partial charge in [-0.3, -0.25) is 0 Å². The van der Waals surface area contributed by atoms with Crippen molar-refractivity contribution in [3.63, 3.8) is 0 Å². The predicted molar refractivity (Wildman–Crippen MR) is 59.6 cm³/mol. The first-order valence-corrected chi connectivity index (χ1v) is 4.78. The minimum Gasteiger partial charge on any atom is -0.508 e. The van der Waals surface area contributed by atoms with Crippen LogP contribution in [0.15, 0.2) is 36.4 Å². The van der Waals surface area contributed by atoms with Crippen LogP contribution in [0.5, 0.6) is 34.5 Å². The van der Waals surface area contributed by atoms with Crippen molar-refractivity contribution in [1.29, 1.82) is 0 Å². The van der Waals surface area contributed by atoms with E-state index in [1.807, 2.05) is 0 Å². The van der Waals surface area contributed by atoms with Crippen LogP contribution in [0.2, 0.25) is 0 Å². The molecule has 0 radical (unpaired) electrons. The molecule has 2 aromatic carbocycles. The summed E-state index contributed by atoms with van der Waals surface area (Å²) in [6.07, 6.45) is 0. The molecule has 0 saturated heterocycles. The second kappa shape index (κ2) is 4.13. The molecular formula is C12H10O5. The Hall–Kier alpha value is -2.56. The van der Waals surface area contributed by atoms with Gasteiger partial charge in [0.25, 0.3) is 0 Å². The molecule has 5 nitrogen and oxygen atoms in total. The largest absolute Gasteiger partial charge is 0.508 e. The van der Waals surface area contributed by atoms with E-state index in [-0.39, 0.29) is 23.0 Å². The number of hydrogen-bond donors (Lipinski definition) is 4. The van der Waals surface area contributed by atoms with Gasteiger partial charge in [0.2, 0.25) is 5.75 Å². The standard InChI is InChI=1S/C12H10O5/c13-7-2-1-3-9(4-7)17-12-10(15)5-8(14)6-11(12)16/h1-6,13-16H. The minimum absolute atomic E-state index is 0.000239. The van der Waals surface area contributed by atoms with Crippen LogP contribution in [0.3, 0.4) is 0 Å². The van der Waals surface area contributed by atoms with Gasteiger partial charge in [0, 0.05) is 18.2 Å². The van der Waals surface area contributed by atoms with Gasteiger partial charge in [0.15, 0.2) is 11.5 Å². The van der Waals surface area contributed by atoms with Gasteiger partial charge in [-0.1, -0.05) is 6.07 Å². The van der Waals surface area contributed by atoms with Crippen LogP contribution in [0.25, 0.3) is 0 Å². The monoisotopic (exact) mass is 234 g/mol. The van der Waals surface area contributed by atoms with Gasteiger partial charge >= 0.3 is 0 Å². The summed E-state index contributed by atoms with van der Waals surface area (Å²) in [5, 5.41) is 37.3. The molecule has 0 amide bonds. The molecule has 0 aliphatic rings. The van der Waals surface area contributed by atoms with Crippen molar-refractivity contribution in [2.45, 2.75) is 0 Å². The topological polar surface area (TPSA) is 90.2 Å². The third-order valence-electron chi connectivity index (χ3n) is 2.07. The van der Waals surface area contributed by atoms with Crippen LogP contribution < -0.4 is 4.74 Å². The zero-order chi connectivity index (χ0) is 12.4. The summed E-state index contributed by atoms with van der Waals surface area (Å²) in [6, 6.07) is 7.97. The first-order chi connectivity index (χ1) is 8.06. The minimum atomic E-state index is -0.397. The van der Waals surface area contributed by atoms with Crippen molar-refractivity contribution in [2.75, 3.05) is 0 Å². The summed E-state index contributed by atoms with van der Waals surface area (Å²) in [5.74, 6) is -1.00. The molecule has 2 rings (SSSR count). The Kier molecular flexibility index (Phi) is 2.66. The Balaban J connectivity index is 2.36. The lowest BCUT2D eigenvalue weighted by atomic mass is 10.2. The number of hydrogen-bond acceptors (Lipinski definition) is 5. The summed E-state index contributed by atoms with van der Waals surface area (Å²) in [4.78, 5) is 0. The fourth-order valence-corrected chi connectivity index (χ4v) is 1.35. The van der Waals surface area contributed by atoms with E-state index in [0.29, 0.717) is 0 Å². The first-order valence-electron chi connectivity index (χ1n) is 4.78. The Morgan fingerprint density at radius 2 is 1.41 bits per heavy atom. The van der Waals surface area contributed by atoms with Crippen LogP contribution in [-0.2, 0) is 0 Å². The lowest BCUT2D eigenvalue weighted by Gasteiger charge is -2.09. The molecule has 0 atom stereocenters. The number of phenols is 4. The quantitative estimate of drug-likeness (QED) is 0.640. The van der Waals surface area contributed by atoms with Crippen molar-refractivity contribution in [3.8, 4) is 34.5 Å². The smallest absolute Gasteiger partial charge is 0.210 e. The Bertz CT molecular complexity index is 527. The van der Waals surface area contributed by atoms with Crippen molar-refractivity contribution >= 4 is 0 Å². The molecule has 0 saturated carbocycles. The lowest BCUT2D eigenvalue weighted by Crippen LogP contribution is -1.85. The first kappa shape index (κ1) is 10.9. The molecular weight excluding hydrogens is 224 g/mol. The molecule has 0 fully saturated rings. The number of ether oxygens (including phenoxy) is 1. The summed E-state index contributed by atoms with van der Waals surface area (Å²) >= 11 is 0. The molecule has 17 heavy (non-hydrogen) atoms. The van der Waals surface area contributed by atoms with E-state index in [4.69, 9.17) is 9.84 Å². The third-order valence-corrected chi connectivity index (χ3v) is 2.07.